The quantitative estimate of drug-likeness (QED) is 0.442. The van der Waals surface area contributed by atoms with Crippen LogP contribution in [0.3, 0.4) is 0 Å². The minimum absolute atomic E-state index is 0.116. The Balaban J connectivity index is 1.38. The van der Waals surface area contributed by atoms with Gasteiger partial charge in [0.25, 0.3) is 5.91 Å². The molecule has 4 aromatic heterocycles. The van der Waals surface area contributed by atoms with Crippen LogP contribution in [0.25, 0.3) is 17.2 Å². The Bertz CT molecular complexity index is 1310. The first-order valence-electron chi connectivity index (χ1n) is 10.7. The van der Waals surface area contributed by atoms with E-state index in [9.17, 15) is 9.90 Å². The lowest BCUT2D eigenvalue weighted by Gasteiger charge is -2.11. The largest absolute Gasteiger partial charge is 0.394 e. The predicted molar refractivity (Wildman–Crippen MR) is 119 cm³/mol. The molecule has 1 aliphatic carbocycles. The first-order valence-corrected chi connectivity index (χ1v) is 10.7. The zero-order chi connectivity index (χ0) is 22.9. The van der Waals surface area contributed by atoms with Crippen molar-refractivity contribution in [3.63, 3.8) is 0 Å². The molecule has 0 bridgehead atoms. The number of rotatable bonds is 7. The molecular formula is C22H23N9O2. The minimum Gasteiger partial charge on any atom is -0.394 e. The molecule has 11 nitrogen and oxygen atoms in total. The highest BCUT2D eigenvalue weighted by molar-refractivity contribution is 6.02. The average Bonchev–Trinajstić information content (AvgIpc) is 3.35. The van der Waals surface area contributed by atoms with E-state index in [1.54, 1.807) is 43.7 Å². The van der Waals surface area contributed by atoms with Crippen molar-refractivity contribution in [3.05, 3.63) is 59.9 Å². The molecular weight excluding hydrogens is 422 g/mol. The number of anilines is 1. The second-order valence-electron chi connectivity index (χ2n) is 8.18. The van der Waals surface area contributed by atoms with Gasteiger partial charge in [0.2, 0.25) is 5.82 Å². The Labute approximate surface area is 189 Å². The molecule has 0 aromatic carbocycles. The number of pyridine rings is 2. The Morgan fingerprint density at radius 2 is 2.15 bits per heavy atom. The van der Waals surface area contributed by atoms with Crippen LogP contribution < -0.4 is 5.32 Å². The van der Waals surface area contributed by atoms with E-state index in [1.165, 1.54) is 17.5 Å². The number of hydrogen-bond donors (Lipinski definition) is 2. The zero-order valence-electron chi connectivity index (χ0n) is 18.3. The summed E-state index contributed by atoms with van der Waals surface area (Å²) in [7, 11) is 0. The number of aliphatic hydroxyl groups is 1. The second kappa shape index (κ2) is 8.51. The third kappa shape index (κ3) is 4.22. The second-order valence-corrected chi connectivity index (χ2v) is 8.18. The van der Waals surface area contributed by atoms with Crippen LogP contribution in [0.2, 0.25) is 0 Å². The summed E-state index contributed by atoms with van der Waals surface area (Å²) >= 11 is 0. The van der Waals surface area contributed by atoms with Crippen LogP contribution >= 0.6 is 0 Å². The molecule has 1 saturated carbocycles. The fourth-order valence-electron chi connectivity index (χ4n) is 3.52. The van der Waals surface area contributed by atoms with Gasteiger partial charge in [-0.25, -0.2) is 14.6 Å². The van der Waals surface area contributed by atoms with Crippen molar-refractivity contribution < 1.29 is 9.90 Å². The standard InChI is InChI=1S/C22H23N9O2/c1-13-9-23-17(8-19(13)30-10-18(24-12-30)15-6-7-15)22(33)26-20-5-3-4-16(25-20)21-27-28-29-31(21)14(2)11-32/h3-5,8-10,12,14-15,32H,6-7,11H2,1-2H3,(H,25,26,33)/t14-/m1/s1. The molecule has 0 saturated heterocycles. The van der Waals surface area contributed by atoms with Gasteiger partial charge in [-0.3, -0.25) is 9.78 Å². The van der Waals surface area contributed by atoms with Gasteiger partial charge in [-0.15, -0.1) is 5.10 Å². The van der Waals surface area contributed by atoms with Crippen molar-refractivity contribution in [3.8, 4) is 17.2 Å². The molecule has 11 heteroatoms. The number of aromatic nitrogens is 8. The summed E-state index contributed by atoms with van der Waals surface area (Å²) in [6.07, 6.45) is 7.83. The van der Waals surface area contributed by atoms with Crippen molar-refractivity contribution in [2.45, 2.75) is 38.6 Å². The van der Waals surface area contributed by atoms with E-state index in [4.69, 9.17) is 0 Å². The summed E-state index contributed by atoms with van der Waals surface area (Å²) in [5.41, 5.74) is 3.62. The molecule has 1 atom stereocenters. The highest BCUT2D eigenvalue weighted by Gasteiger charge is 2.26. The van der Waals surface area contributed by atoms with E-state index < -0.39 is 0 Å². The number of carbonyl (C=O) groups excluding carboxylic acids is 1. The minimum atomic E-state index is -0.383. The normalized spacial score (nSPS) is 14.3. The molecule has 33 heavy (non-hydrogen) atoms. The SMILES string of the molecule is Cc1cnc(C(=O)Nc2cccc(-c3nnnn3[C@H](C)CO)n2)cc1-n1cnc(C2CC2)c1. The fraction of sp³-hybridized carbons (Fsp3) is 0.318. The number of nitrogens with one attached hydrogen (secondary N) is 1. The van der Waals surface area contributed by atoms with Gasteiger partial charge >= 0.3 is 0 Å². The Morgan fingerprint density at radius 3 is 2.94 bits per heavy atom. The lowest BCUT2D eigenvalue weighted by atomic mass is 10.2. The van der Waals surface area contributed by atoms with Crippen molar-refractivity contribution in [1.82, 2.24) is 39.7 Å². The summed E-state index contributed by atoms with van der Waals surface area (Å²) in [4.78, 5) is 26.2. The Kier molecular flexibility index (Phi) is 5.38. The van der Waals surface area contributed by atoms with Crippen molar-refractivity contribution in [2.24, 2.45) is 0 Å². The smallest absolute Gasteiger partial charge is 0.275 e. The van der Waals surface area contributed by atoms with Gasteiger partial charge in [-0.1, -0.05) is 6.07 Å². The molecule has 1 fully saturated rings. The van der Waals surface area contributed by atoms with E-state index in [0.29, 0.717) is 23.3 Å². The molecule has 4 aromatic rings. The van der Waals surface area contributed by atoms with Crippen LogP contribution in [-0.2, 0) is 0 Å². The first-order chi connectivity index (χ1) is 16.0. The van der Waals surface area contributed by atoms with Gasteiger partial charge in [0.1, 0.15) is 17.2 Å². The molecule has 1 aliphatic rings. The summed E-state index contributed by atoms with van der Waals surface area (Å²) in [5, 5.41) is 23.8. The van der Waals surface area contributed by atoms with Gasteiger partial charge < -0.3 is 15.0 Å². The summed E-state index contributed by atoms with van der Waals surface area (Å²) in [5.74, 6) is 0.906. The van der Waals surface area contributed by atoms with Crippen LogP contribution in [-0.4, -0.2) is 57.3 Å². The van der Waals surface area contributed by atoms with Crippen LogP contribution in [0, 0.1) is 6.92 Å². The van der Waals surface area contributed by atoms with Crippen molar-refractivity contribution in [1.29, 1.82) is 0 Å². The van der Waals surface area contributed by atoms with E-state index in [0.717, 1.165) is 16.9 Å². The maximum Gasteiger partial charge on any atom is 0.275 e. The summed E-state index contributed by atoms with van der Waals surface area (Å²) in [6.45, 7) is 3.62. The van der Waals surface area contributed by atoms with Gasteiger partial charge in [0.15, 0.2) is 0 Å². The van der Waals surface area contributed by atoms with Crippen LogP contribution in [0.15, 0.2) is 43.0 Å². The monoisotopic (exact) mass is 445 g/mol. The number of aryl methyl sites for hydroxylation is 1. The maximum atomic E-state index is 12.9. The highest BCUT2D eigenvalue weighted by atomic mass is 16.3. The van der Waals surface area contributed by atoms with Gasteiger partial charge in [0.05, 0.1) is 30.4 Å². The first kappa shape index (κ1) is 20.9. The average molecular weight is 445 g/mol. The van der Waals surface area contributed by atoms with E-state index in [-0.39, 0.29) is 24.2 Å². The zero-order valence-corrected chi connectivity index (χ0v) is 18.3. The lowest BCUT2D eigenvalue weighted by molar-refractivity contribution is 0.102. The van der Waals surface area contributed by atoms with Crippen LogP contribution in [0.4, 0.5) is 5.82 Å². The van der Waals surface area contributed by atoms with Gasteiger partial charge in [0, 0.05) is 18.3 Å². The molecule has 168 valence electrons. The topological polar surface area (TPSA) is 137 Å². The molecule has 1 amide bonds. The number of aliphatic hydroxyl groups excluding tert-OH is 1. The maximum absolute atomic E-state index is 12.9. The third-order valence-corrected chi connectivity index (χ3v) is 5.58. The summed E-state index contributed by atoms with van der Waals surface area (Å²) < 4.78 is 3.42. The molecule has 5 rings (SSSR count). The van der Waals surface area contributed by atoms with Gasteiger partial charge in [-0.2, -0.15) is 0 Å². The number of imidazole rings is 1. The van der Waals surface area contributed by atoms with Crippen LogP contribution in [0.5, 0.6) is 0 Å². The summed E-state index contributed by atoms with van der Waals surface area (Å²) in [6, 6.07) is 6.60. The number of hydrogen-bond acceptors (Lipinski definition) is 8. The molecule has 2 N–H and O–H groups in total. The van der Waals surface area contributed by atoms with E-state index >= 15 is 0 Å². The fourth-order valence-corrected chi connectivity index (χ4v) is 3.52. The molecule has 0 unspecified atom stereocenters. The third-order valence-electron chi connectivity index (χ3n) is 5.58. The lowest BCUT2D eigenvalue weighted by Crippen LogP contribution is -2.16. The Morgan fingerprint density at radius 1 is 1.30 bits per heavy atom. The van der Waals surface area contributed by atoms with E-state index in [2.05, 4.69) is 35.8 Å². The molecule has 4 heterocycles. The molecule has 0 aliphatic heterocycles. The number of amides is 1. The highest BCUT2D eigenvalue weighted by Crippen LogP contribution is 2.39. The van der Waals surface area contributed by atoms with E-state index in [1.807, 2.05) is 17.7 Å². The van der Waals surface area contributed by atoms with Crippen molar-refractivity contribution >= 4 is 11.7 Å². The van der Waals surface area contributed by atoms with Crippen LogP contribution in [0.1, 0.15) is 53.5 Å². The number of tetrazole rings is 1. The number of carbonyl (C=O) groups is 1. The van der Waals surface area contributed by atoms with Crippen molar-refractivity contribution in [2.75, 3.05) is 11.9 Å². The Hall–Kier alpha value is -3.99. The molecule has 0 spiro atoms. The van der Waals surface area contributed by atoms with Gasteiger partial charge in [-0.05, 0) is 60.9 Å². The predicted octanol–water partition coefficient (Wildman–Crippen LogP) is 2.31. The molecule has 0 radical (unpaired) electrons. The number of nitrogens with zero attached hydrogens (tertiary/aromatic N) is 8.